The van der Waals surface area contributed by atoms with Gasteiger partial charge >= 0.3 is 0 Å². The molecular weight excluding hydrogens is 773 g/mol. The van der Waals surface area contributed by atoms with Crippen LogP contribution >= 0.6 is 21.6 Å². The summed E-state index contributed by atoms with van der Waals surface area (Å²) in [5.74, 6) is 21.0. The summed E-state index contributed by atoms with van der Waals surface area (Å²) in [7, 11) is 2.62. The smallest absolute Gasteiger partial charge is 0.143 e. The van der Waals surface area contributed by atoms with Gasteiger partial charge in [0.15, 0.2) is 0 Å². The van der Waals surface area contributed by atoms with Crippen molar-refractivity contribution < 1.29 is 27.0 Å². The average Bonchev–Trinajstić information content (AvgIpc) is 3.22. The molecule has 58 heavy (non-hydrogen) atoms. The average molecular weight is 823 g/mol. The maximum absolute atomic E-state index is 14.7. The van der Waals surface area contributed by atoms with Gasteiger partial charge in [-0.15, -0.1) is 0 Å². The molecule has 0 aliphatic rings. The Labute approximate surface area is 351 Å². The zero-order chi connectivity index (χ0) is 41.2. The van der Waals surface area contributed by atoms with Crippen molar-refractivity contribution in [2.45, 2.75) is 90.9 Å². The van der Waals surface area contributed by atoms with Crippen molar-refractivity contribution in [1.29, 1.82) is 0 Å². The number of hydrogen-bond acceptors (Lipinski definition) is 4. The van der Waals surface area contributed by atoms with Crippen LogP contribution in [0.3, 0.4) is 0 Å². The Bertz CT molecular complexity index is 1940. The molecule has 0 saturated heterocycles. The molecule has 0 saturated carbocycles. The van der Waals surface area contributed by atoms with Crippen LogP contribution in [0.1, 0.15) is 124 Å². The normalized spacial score (nSPS) is 10.2. The highest BCUT2D eigenvalue weighted by atomic mass is 33.1. The van der Waals surface area contributed by atoms with E-state index in [9.17, 15) is 17.6 Å². The zero-order valence-electron chi connectivity index (χ0n) is 33.4. The molecule has 0 radical (unpaired) electrons. The highest BCUT2D eigenvalue weighted by Crippen LogP contribution is 2.21. The van der Waals surface area contributed by atoms with E-state index in [1.807, 2.05) is 48.5 Å². The molecule has 0 aliphatic heterocycles. The van der Waals surface area contributed by atoms with E-state index in [0.29, 0.717) is 24.3 Å². The number of hydrogen-bond donors (Lipinski definition) is 0. The molecule has 0 spiro atoms. The van der Waals surface area contributed by atoms with Crippen LogP contribution < -0.4 is 9.47 Å². The van der Waals surface area contributed by atoms with Crippen molar-refractivity contribution in [2.75, 3.05) is 24.7 Å². The molecule has 0 unspecified atom stereocenters. The molecule has 4 aromatic rings. The summed E-state index contributed by atoms with van der Waals surface area (Å²) < 4.78 is 70.5. The van der Waals surface area contributed by atoms with E-state index in [1.54, 1.807) is 0 Å². The summed E-state index contributed by atoms with van der Waals surface area (Å²) in [4.78, 5) is 0. The van der Waals surface area contributed by atoms with E-state index in [2.05, 4.69) is 61.2 Å². The van der Waals surface area contributed by atoms with Crippen molar-refractivity contribution >= 4 is 21.6 Å². The Morgan fingerprint density at radius 1 is 0.414 bits per heavy atom. The zero-order valence-corrected chi connectivity index (χ0v) is 35.0. The molecule has 0 aromatic heterocycles. The number of ether oxygens (including phenoxy) is 2. The van der Waals surface area contributed by atoms with Crippen LogP contribution in [0.15, 0.2) is 72.8 Å². The summed E-state index contributed by atoms with van der Waals surface area (Å²) in [6.45, 7) is 5.75. The molecule has 0 atom stereocenters. The molecule has 0 bridgehead atoms. The highest BCUT2D eigenvalue weighted by Gasteiger charge is 2.10. The van der Waals surface area contributed by atoms with Crippen LogP contribution in [-0.2, 0) is 0 Å². The van der Waals surface area contributed by atoms with Crippen molar-refractivity contribution in [3.8, 4) is 58.9 Å². The van der Waals surface area contributed by atoms with Gasteiger partial charge in [0.1, 0.15) is 34.8 Å². The van der Waals surface area contributed by atoms with Gasteiger partial charge in [0.2, 0.25) is 0 Å². The van der Waals surface area contributed by atoms with E-state index in [-0.39, 0.29) is 33.8 Å². The molecule has 0 aliphatic carbocycles. The van der Waals surface area contributed by atoms with Gasteiger partial charge < -0.3 is 9.47 Å². The summed E-state index contributed by atoms with van der Waals surface area (Å²) >= 11 is 0. The van der Waals surface area contributed by atoms with Gasteiger partial charge in [0.05, 0.1) is 35.8 Å². The quantitative estimate of drug-likeness (QED) is 0.0406. The second-order valence-corrected chi connectivity index (χ2v) is 16.0. The molecule has 302 valence electrons. The number of unbranched alkanes of at least 4 members (excludes halogenated alkanes) is 10. The lowest BCUT2D eigenvalue weighted by Crippen LogP contribution is -1.97. The largest absolute Gasteiger partial charge is 0.494 e. The molecule has 4 rings (SSSR count). The molecule has 2 nitrogen and oxygen atoms in total. The predicted octanol–water partition coefficient (Wildman–Crippen LogP) is 13.3. The molecule has 4 aromatic carbocycles. The highest BCUT2D eigenvalue weighted by molar-refractivity contribution is 8.76. The molecule has 0 heterocycles. The van der Waals surface area contributed by atoms with Crippen LogP contribution in [0.5, 0.6) is 11.5 Å². The third-order valence-electron chi connectivity index (χ3n) is 8.80. The Balaban J connectivity index is 1.18. The van der Waals surface area contributed by atoms with Crippen LogP contribution in [0, 0.1) is 70.6 Å². The molecule has 0 N–H and O–H groups in total. The summed E-state index contributed by atoms with van der Waals surface area (Å²) in [6.07, 6.45) is 14.4. The van der Waals surface area contributed by atoms with Crippen molar-refractivity contribution in [1.82, 2.24) is 0 Å². The minimum Gasteiger partial charge on any atom is -0.494 e. The van der Waals surface area contributed by atoms with E-state index < -0.39 is 23.3 Å². The van der Waals surface area contributed by atoms with E-state index >= 15 is 0 Å². The van der Waals surface area contributed by atoms with Crippen LogP contribution in [0.25, 0.3) is 0 Å². The standard InChI is InChI=1S/C50H50F4O2S2/c1-3-5-7-9-11-13-31-55-43-27-23-39(24-28-43)19-21-41-35-47(51)45(48(52)36-41)17-15-33-57-58-34-16-18-46-49(53)37-42(38-50(46)54)22-20-40-25-29-44(30-26-40)56-32-14-12-10-8-6-4-2/h23-30,35-38H,3-14,31-34H2,1-2H3. The Morgan fingerprint density at radius 3 is 1.10 bits per heavy atom. The second kappa shape index (κ2) is 26.9. The van der Waals surface area contributed by atoms with E-state index in [0.717, 1.165) is 37.2 Å². The first kappa shape index (κ1) is 45.8. The van der Waals surface area contributed by atoms with Gasteiger partial charge in [0, 0.05) is 22.3 Å². The fraction of sp³-hybridized carbons (Fsp3) is 0.360. The van der Waals surface area contributed by atoms with Gasteiger partial charge in [-0.3, -0.25) is 0 Å². The lowest BCUT2D eigenvalue weighted by molar-refractivity contribution is 0.304. The Hall–Kier alpha value is -4.86. The monoisotopic (exact) mass is 822 g/mol. The third-order valence-corrected chi connectivity index (χ3v) is 10.7. The van der Waals surface area contributed by atoms with Crippen molar-refractivity contribution in [3.05, 3.63) is 129 Å². The molecule has 0 fully saturated rings. The number of rotatable bonds is 19. The molecule has 0 amide bonds. The van der Waals surface area contributed by atoms with Crippen molar-refractivity contribution in [2.24, 2.45) is 0 Å². The number of benzene rings is 4. The van der Waals surface area contributed by atoms with Crippen LogP contribution in [0.4, 0.5) is 17.6 Å². The van der Waals surface area contributed by atoms with Gasteiger partial charge in [-0.1, -0.05) is 147 Å². The minimum atomic E-state index is -0.794. The topological polar surface area (TPSA) is 18.5 Å². The molecule has 8 heteroatoms. The van der Waals surface area contributed by atoms with Crippen LogP contribution in [0.2, 0.25) is 0 Å². The fourth-order valence-electron chi connectivity index (χ4n) is 5.62. The maximum atomic E-state index is 14.7. The number of halogens is 4. The van der Waals surface area contributed by atoms with E-state index in [4.69, 9.17) is 9.47 Å². The van der Waals surface area contributed by atoms with E-state index in [1.165, 1.54) is 97.2 Å². The van der Waals surface area contributed by atoms with Gasteiger partial charge in [-0.25, -0.2) is 17.6 Å². The Morgan fingerprint density at radius 2 is 0.741 bits per heavy atom. The van der Waals surface area contributed by atoms with Gasteiger partial charge in [-0.05, 0) is 85.6 Å². The lowest BCUT2D eigenvalue weighted by atomic mass is 10.1. The summed E-state index contributed by atoms with van der Waals surface area (Å²) in [6, 6.07) is 19.3. The SMILES string of the molecule is CCCCCCCCOc1ccc(C#Cc2cc(F)c(C#CCSSCC#Cc3c(F)cc(C#Cc4ccc(OCCCCCCCC)cc4)cc3F)c(F)c2)cc1. The van der Waals surface area contributed by atoms with Crippen molar-refractivity contribution in [3.63, 3.8) is 0 Å². The van der Waals surface area contributed by atoms with Gasteiger partial charge in [0.25, 0.3) is 0 Å². The summed E-state index contributed by atoms with van der Waals surface area (Å²) in [5.41, 5.74) is 1.15. The minimum absolute atomic E-state index is 0.202. The van der Waals surface area contributed by atoms with Gasteiger partial charge in [-0.2, -0.15) is 0 Å². The summed E-state index contributed by atoms with van der Waals surface area (Å²) in [5, 5.41) is 0. The molecular formula is C50H50F4O2S2. The first-order chi connectivity index (χ1) is 28.4. The predicted molar refractivity (Wildman–Crippen MR) is 234 cm³/mol. The third kappa shape index (κ3) is 17.3. The van der Waals surface area contributed by atoms with Crippen LogP contribution in [-0.4, -0.2) is 24.7 Å². The second-order valence-electron chi connectivity index (χ2n) is 13.5. The first-order valence-corrected chi connectivity index (χ1v) is 22.5. The fourth-order valence-corrected chi connectivity index (χ4v) is 6.91. The lowest BCUT2D eigenvalue weighted by Gasteiger charge is -2.06. The first-order valence-electron chi connectivity index (χ1n) is 20.1. The Kier molecular flexibility index (Phi) is 21.3. The maximum Gasteiger partial charge on any atom is 0.143 e.